The Balaban J connectivity index is 1.48. The number of rotatable bonds is 3. The molecule has 1 aromatic heterocycles. The van der Waals surface area contributed by atoms with Gasteiger partial charge in [0.15, 0.2) is 5.89 Å². The molecular formula is C15H24N4O3. The number of oxazole rings is 1. The van der Waals surface area contributed by atoms with Gasteiger partial charge in [0.25, 0.3) is 0 Å². The van der Waals surface area contributed by atoms with Crippen molar-refractivity contribution in [2.45, 2.75) is 32.4 Å². The monoisotopic (exact) mass is 308 g/mol. The van der Waals surface area contributed by atoms with Crippen molar-refractivity contribution in [2.75, 3.05) is 39.4 Å². The van der Waals surface area contributed by atoms with Crippen LogP contribution in [0.3, 0.4) is 0 Å². The van der Waals surface area contributed by atoms with Crippen LogP contribution in [-0.2, 0) is 11.3 Å². The van der Waals surface area contributed by atoms with Gasteiger partial charge >= 0.3 is 6.03 Å². The number of aryl methyl sites for hydroxylation is 1. The number of carbonyl (C=O) groups excluding carboxylic acids is 1. The van der Waals surface area contributed by atoms with Crippen LogP contribution in [0.4, 0.5) is 4.79 Å². The number of hydrogen-bond acceptors (Lipinski definition) is 5. The summed E-state index contributed by atoms with van der Waals surface area (Å²) < 4.78 is 10.5. The van der Waals surface area contributed by atoms with Gasteiger partial charge in [0.2, 0.25) is 0 Å². The van der Waals surface area contributed by atoms with Crippen molar-refractivity contribution in [1.82, 2.24) is 20.1 Å². The van der Waals surface area contributed by atoms with E-state index in [4.69, 9.17) is 9.15 Å². The van der Waals surface area contributed by atoms with Crippen molar-refractivity contribution in [1.29, 1.82) is 0 Å². The number of likely N-dealkylation sites (tertiary alicyclic amines) is 1. The SMILES string of the molecule is Cc1nc(CN2CCCC(NC(=O)N3CCOCC3)C2)co1. The molecule has 2 amide bonds. The second-order valence-electron chi connectivity index (χ2n) is 5.98. The summed E-state index contributed by atoms with van der Waals surface area (Å²) in [7, 11) is 0. The fourth-order valence-electron chi connectivity index (χ4n) is 3.06. The highest BCUT2D eigenvalue weighted by Gasteiger charge is 2.24. The van der Waals surface area contributed by atoms with Crippen LogP contribution >= 0.6 is 0 Å². The third kappa shape index (κ3) is 3.98. The van der Waals surface area contributed by atoms with E-state index < -0.39 is 0 Å². The van der Waals surface area contributed by atoms with Crippen LogP contribution in [0.2, 0.25) is 0 Å². The zero-order chi connectivity index (χ0) is 15.4. The summed E-state index contributed by atoms with van der Waals surface area (Å²) in [5.41, 5.74) is 0.956. The van der Waals surface area contributed by atoms with E-state index in [2.05, 4.69) is 15.2 Å². The van der Waals surface area contributed by atoms with Crippen LogP contribution in [0.5, 0.6) is 0 Å². The predicted molar refractivity (Wildman–Crippen MR) is 80.5 cm³/mol. The minimum atomic E-state index is 0.0347. The van der Waals surface area contributed by atoms with Crippen molar-refractivity contribution in [3.63, 3.8) is 0 Å². The predicted octanol–water partition coefficient (Wildman–Crippen LogP) is 0.989. The van der Waals surface area contributed by atoms with Crippen molar-refractivity contribution < 1.29 is 13.9 Å². The summed E-state index contributed by atoms with van der Waals surface area (Å²) in [4.78, 5) is 20.8. The number of carbonyl (C=O) groups is 1. The lowest BCUT2D eigenvalue weighted by atomic mass is 10.1. The normalized spacial score (nSPS) is 23.5. The van der Waals surface area contributed by atoms with E-state index in [1.54, 1.807) is 6.26 Å². The minimum Gasteiger partial charge on any atom is -0.449 e. The van der Waals surface area contributed by atoms with Crippen LogP contribution in [-0.4, -0.2) is 66.2 Å². The van der Waals surface area contributed by atoms with E-state index in [1.807, 2.05) is 11.8 Å². The first-order valence-corrected chi connectivity index (χ1v) is 7.97. The number of nitrogens with zero attached hydrogens (tertiary/aromatic N) is 3. The molecule has 0 aliphatic carbocycles. The zero-order valence-corrected chi connectivity index (χ0v) is 13.1. The van der Waals surface area contributed by atoms with Gasteiger partial charge in [-0.3, -0.25) is 4.90 Å². The van der Waals surface area contributed by atoms with Crippen LogP contribution in [0.15, 0.2) is 10.7 Å². The summed E-state index contributed by atoms with van der Waals surface area (Å²) in [5, 5.41) is 3.16. The first kappa shape index (κ1) is 15.3. The molecule has 22 heavy (non-hydrogen) atoms. The fraction of sp³-hybridized carbons (Fsp3) is 0.733. The highest BCUT2D eigenvalue weighted by Crippen LogP contribution is 2.14. The van der Waals surface area contributed by atoms with Gasteiger partial charge in [0, 0.05) is 39.1 Å². The van der Waals surface area contributed by atoms with Crippen molar-refractivity contribution in [3.05, 3.63) is 17.8 Å². The Morgan fingerprint density at radius 2 is 2.23 bits per heavy atom. The van der Waals surface area contributed by atoms with E-state index in [-0.39, 0.29) is 12.1 Å². The maximum atomic E-state index is 12.2. The average Bonchev–Trinajstić information content (AvgIpc) is 2.93. The first-order chi connectivity index (χ1) is 10.7. The molecule has 1 aromatic rings. The maximum Gasteiger partial charge on any atom is 0.317 e. The van der Waals surface area contributed by atoms with Gasteiger partial charge in [-0.1, -0.05) is 0 Å². The molecule has 1 atom stereocenters. The van der Waals surface area contributed by atoms with Crippen molar-refractivity contribution in [2.24, 2.45) is 0 Å². The van der Waals surface area contributed by atoms with Gasteiger partial charge in [-0.15, -0.1) is 0 Å². The van der Waals surface area contributed by atoms with Crippen LogP contribution < -0.4 is 5.32 Å². The number of aromatic nitrogens is 1. The summed E-state index contributed by atoms with van der Waals surface area (Å²) in [5.74, 6) is 0.698. The van der Waals surface area contributed by atoms with Crippen LogP contribution in [0.25, 0.3) is 0 Å². The van der Waals surface area contributed by atoms with Crippen molar-refractivity contribution in [3.8, 4) is 0 Å². The van der Waals surface area contributed by atoms with Crippen LogP contribution in [0.1, 0.15) is 24.4 Å². The molecule has 2 fully saturated rings. The Bertz CT molecular complexity index is 499. The van der Waals surface area contributed by atoms with Gasteiger partial charge in [0.05, 0.1) is 18.9 Å². The quantitative estimate of drug-likeness (QED) is 0.901. The van der Waals surface area contributed by atoms with E-state index in [0.29, 0.717) is 32.2 Å². The van der Waals surface area contributed by atoms with Gasteiger partial charge in [-0.25, -0.2) is 9.78 Å². The number of morpholine rings is 1. The molecule has 3 rings (SSSR count). The van der Waals surface area contributed by atoms with Gasteiger partial charge in [-0.2, -0.15) is 0 Å². The Hall–Kier alpha value is -1.60. The van der Waals surface area contributed by atoms with Gasteiger partial charge in [0.1, 0.15) is 6.26 Å². The molecule has 0 saturated carbocycles. The second-order valence-corrected chi connectivity index (χ2v) is 5.98. The number of nitrogens with one attached hydrogen (secondary N) is 1. The summed E-state index contributed by atoms with van der Waals surface area (Å²) in [6, 6.07) is 0.240. The molecule has 122 valence electrons. The largest absolute Gasteiger partial charge is 0.449 e. The molecule has 0 aromatic carbocycles. The topological polar surface area (TPSA) is 70.8 Å². The molecule has 0 bridgehead atoms. The summed E-state index contributed by atoms with van der Waals surface area (Å²) in [6.45, 7) is 7.16. The zero-order valence-electron chi connectivity index (χ0n) is 13.1. The summed E-state index contributed by atoms with van der Waals surface area (Å²) >= 11 is 0. The Kier molecular flexibility index (Phi) is 4.94. The number of urea groups is 1. The molecule has 1 unspecified atom stereocenters. The smallest absolute Gasteiger partial charge is 0.317 e. The minimum absolute atomic E-state index is 0.0347. The molecule has 2 aliphatic rings. The third-order valence-electron chi connectivity index (χ3n) is 4.18. The van der Waals surface area contributed by atoms with E-state index in [0.717, 1.165) is 38.2 Å². The molecular weight excluding hydrogens is 284 g/mol. The van der Waals surface area contributed by atoms with E-state index in [9.17, 15) is 4.79 Å². The Labute approximate surface area is 130 Å². The van der Waals surface area contributed by atoms with Crippen LogP contribution in [0, 0.1) is 6.92 Å². The van der Waals surface area contributed by atoms with E-state index in [1.165, 1.54) is 0 Å². The number of piperidine rings is 1. The molecule has 2 aliphatic heterocycles. The lowest BCUT2D eigenvalue weighted by Crippen LogP contribution is -2.53. The number of ether oxygens (including phenoxy) is 1. The second kappa shape index (κ2) is 7.11. The van der Waals surface area contributed by atoms with Gasteiger partial charge < -0.3 is 19.4 Å². The molecule has 1 N–H and O–H groups in total. The van der Waals surface area contributed by atoms with Gasteiger partial charge in [-0.05, 0) is 19.4 Å². The number of hydrogen-bond donors (Lipinski definition) is 1. The molecule has 7 nitrogen and oxygen atoms in total. The fourth-order valence-corrected chi connectivity index (χ4v) is 3.06. The standard InChI is InChI=1S/C15H24N4O3/c1-12-16-14(11-22-12)10-18-4-2-3-13(9-18)17-15(20)19-5-7-21-8-6-19/h11,13H,2-10H2,1H3,(H,17,20). The first-order valence-electron chi connectivity index (χ1n) is 7.97. The molecule has 2 saturated heterocycles. The average molecular weight is 308 g/mol. The Morgan fingerprint density at radius 3 is 2.95 bits per heavy atom. The summed E-state index contributed by atoms with van der Waals surface area (Å²) in [6.07, 6.45) is 3.83. The molecule has 7 heteroatoms. The highest BCUT2D eigenvalue weighted by molar-refractivity contribution is 5.74. The molecule has 0 radical (unpaired) electrons. The number of amides is 2. The molecule has 3 heterocycles. The lowest BCUT2D eigenvalue weighted by molar-refractivity contribution is 0.0513. The molecule has 0 spiro atoms. The van der Waals surface area contributed by atoms with Crippen molar-refractivity contribution >= 4 is 6.03 Å². The third-order valence-corrected chi connectivity index (χ3v) is 4.18. The maximum absolute atomic E-state index is 12.2. The highest BCUT2D eigenvalue weighted by atomic mass is 16.5. The lowest BCUT2D eigenvalue weighted by Gasteiger charge is -2.35. The van der Waals surface area contributed by atoms with E-state index >= 15 is 0 Å². The Morgan fingerprint density at radius 1 is 1.41 bits per heavy atom.